The smallest absolute Gasteiger partial charge is 0.475 e. The lowest BCUT2D eigenvalue weighted by atomic mass is 10.2. The fraction of sp³-hybridized carbons (Fsp3) is 0.778. The molecule has 0 unspecified atom stereocenters. The highest BCUT2D eigenvalue weighted by Gasteiger charge is 2.52. The molecule has 0 aromatic carbocycles. The van der Waals surface area contributed by atoms with Gasteiger partial charge in [-0.05, 0) is 41.3 Å². The number of fused-ring (bicyclic) bond motifs is 1. The second kappa shape index (κ2) is 5.11. The molecule has 3 rings (SSSR count). The summed E-state index contributed by atoms with van der Waals surface area (Å²) in [6.45, 7) is 2.38. The van der Waals surface area contributed by atoms with Crippen LogP contribution in [-0.4, -0.2) is 51.0 Å². The monoisotopic (exact) mass is 279 g/mol. The number of H-pyrrole nitrogens is 1. The molecule has 1 aromatic rings. The summed E-state index contributed by atoms with van der Waals surface area (Å²) in [4.78, 5) is 8.90. The molecule has 2 heterocycles. The number of carboxylic acids is 1. The maximum atomic E-state index is 10.6. The second-order valence-corrected chi connectivity index (χ2v) is 4.50. The predicted octanol–water partition coefficient (Wildman–Crippen LogP) is -0.159. The van der Waals surface area contributed by atoms with Gasteiger partial charge in [-0.3, -0.25) is 0 Å². The van der Waals surface area contributed by atoms with E-state index in [0.717, 1.165) is 30.0 Å². The number of aromatic amines is 1. The third kappa shape index (κ3) is 3.40. The molecule has 7 nitrogen and oxygen atoms in total. The Balaban J connectivity index is 0.000000167. The summed E-state index contributed by atoms with van der Waals surface area (Å²) in [5.74, 6) is 0.813. The van der Waals surface area contributed by atoms with Gasteiger partial charge >= 0.3 is 12.1 Å². The molecule has 0 bridgehead atoms. The Hall–Kier alpha value is -1.71. The molecule has 0 radical (unpaired) electrons. The zero-order chi connectivity index (χ0) is 14.0. The fourth-order valence-corrected chi connectivity index (χ4v) is 2.34. The van der Waals surface area contributed by atoms with Gasteiger partial charge < -0.3 is 10.4 Å². The minimum Gasteiger partial charge on any atom is -0.475 e. The van der Waals surface area contributed by atoms with Crippen LogP contribution in [0.25, 0.3) is 0 Å². The first kappa shape index (κ1) is 13.7. The average molecular weight is 279 g/mol. The highest BCUT2D eigenvalue weighted by Crippen LogP contribution is 2.49. The zero-order valence-corrected chi connectivity index (χ0v) is 9.68. The Bertz CT molecular complexity index is 426. The van der Waals surface area contributed by atoms with Crippen molar-refractivity contribution in [3.8, 4) is 0 Å². The second-order valence-electron chi connectivity index (χ2n) is 4.50. The van der Waals surface area contributed by atoms with Crippen molar-refractivity contribution in [2.45, 2.75) is 12.6 Å². The van der Waals surface area contributed by atoms with E-state index in [1.165, 1.54) is 13.1 Å². The standard InChI is InChI=1S/C7H11N5.C2HF3O2/c1(7-9-11-12-10-7)4-5-2-8-3-6(4)5;3-2(4,5)1(6)7/h4-6,8H,1-3H2,(H,9,10,11,12);(H,6,7)/t4-,5+,6-;. The van der Waals surface area contributed by atoms with Crippen LogP contribution in [0, 0.1) is 17.8 Å². The Morgan fingerprint density at radius 3 is 2.37 bits per heavy atom. The summed E-state index contributed by atoms with van der Waals surface area (Å²) < 4.78 is 31.7. The Morgan fingerprint density at radius 2 is 1.95 bits per heavy atom. The van der Waals surface area contributed by atoms with Gasteiger partial charge in [0, 0.05) is 6.42 Å². The van der Waals surface area contributed by atoms with Gasteiger partial charge in [0.15, 0.2) is 0 Å². The third-order valence-corrected chi connectivity index (χ3v) is 3.33. The van der Waals surface area contributed by atoms with Crippen LogP contribution in [0.1, 0.15) is 5.82 Å². The van der Waals surface area contributed by atoms with E-state index in [-0.39, 0.29) is 0 Å². The van der Waals surface area contributed by atoms with Gasteiger partial charge in [-0.15, -0.1) is 5.10 Å². The number of hydrogen-bond acceptors (Lipinski definition) is 5. The molecule has 2 aliphatic rings. The van der Waals surface area contributed by atoms with Crippen molar-refractivity contribution in [3.05, 3.63) is 5.82 Å². The van der Waals surface area contributed by atoms with E-state index >= 15 is 0 Å². The Kier molecular flexibility index (Phi) is 3.69. The summed E-state index contributed by atoms with van der Waals surface area (Å²) in [6, 6.07) is 0. The number of hydrogen-bond donors (Lipinski definition) is 3. The van der Waals surface area contributed by atoms with Crippen LogP contribution >= 0.6 is 0 Å². The molecule has 0 amide bonds. The van der Waals surface area contributed by atoms with E-state index in [1.54, 1.807) is 0 Å². The van der Waals surface area contributed by atoms with Gasteiger partial charge in [-0.2, -0.15) is 13.2 Å². The number of piperidine rings is 1. The van der Waals surface area contributed by atoms with Crippen molar-refractivity contribution < 1.29 is 23.1 Å². The van der Waals surface area contributed by atoms with Crippen LogP contribution < -0.4 is 5.32 Å². The molecule has 106 valence electrons. The highest BCUT2D eigenvalue weighted by molar-refractivity contribution is 5.73. The predicted molar refractivity (Wildman–Crippen MR) is 54.9 cm³/mol. The maximum Gasteiger partial charge on any atom is 0.490 e. The summed E-state index contributed by atoms with van der Waals surface area (Å²) in [5.41, 5.74) is 0. The number of aromatic nitrogens is 4. The van der Waals surface area contributed by atoms with Crippen LogP contribution in [0.5, 0.6) is 0 Å². The van der Waals surface area contributed by atoms with Crippen molar-refractivity contribution in [2.75, 3.05) is 13.1 Å². The Morgan fingerprint density at radius 1 is 1.37 bits per heavy atom. The SMILES string of the molecule is C1NC[C@H]2[C@@H]1[C@H]2Cc1nnn[nH]1.O=C(O)C(F)(F)F. The van der Waals surface area contributed by atoms with Crippen LogP contribution in [0.15, 0.2) is 0 Å². The number of tetrazole rings is 1. The van der Waals surface area contributed by atoms with Crippen LogP contribution in [0.3, 0.4) is 0 Å². The number of carboxylic acid groups (broad SMARTS) is 1. The number of alkyl halides is 3. The van der Waals surface area contributed by atoms with Crippen LogP contribution in [0.2, 0.25) is 0 Å². The Labute approximate surface area is 105 Å². The van der Waals surface area contributed by atoms with Crippen LogP contribution in [0.4, 0.5) is 13.2 Å². The van der Waals surface area contributed by atoms with Crippen molar-refractivity contribution in [1.82, 2.24) is 25.9 Å². The van der Waals surface area contributed by atoms with Crippen molar-refractivity contribution in [2.24, 2.45) is 17.8 Å². The summed E-state index contributed by atoms with van der Waals surface area (Å²) >= 11 is 0. The molecular formula is C9H12F3N5O2. The molecular weight excluding hydrogens is 267 g/mol. The minimum absolute atomic E-state index is 0.834. The molecule has 19 heavy (non-hydrogen) atoms. The molecule has 1 aliphatic heterocycles. The van der Waals surface area contributed by atoms with Gasteiger partial charge in [0.25, 0.3) is 0 Å². The first-order chi connectivity index (χ1) is 8.89. The van der Waals surface area contributed by atoms with Gasteiger partial charge in [0.1, 0.15) is 5.82 Å². The quantitative estimate of drug-likeness (QED) is 0.695. The summed E-state index contributed by atoms with van der Waals surface area (Å²) in [6.07, 6.45) is -4.05. The van der Waals surface area contributed by atoms with Crippen molar-refractivity contribution in [1.29, 1.82) is 0 Å². The van der Waals surface area contributed by atoms with Gasteiger partial charge in [0.05, 0.1) is 0 Å². The fourth-order valence-electron chi connectivity index (χ4n) is 2.34. The summed E-state index contributed by atoms with van der Waals surface area (Å²) in [5, 5.41) is 24.3. The maximum absolute atomic E-state index is 10.6. The molecule has 1 aromatic heterocycles. The first-order valence-electron chi connectivity index (χ1n) is 5.63. The molecule has 3 atom stereocenters. The minimum atomic E-state index is -5.08. The lowest BCUT2D eigenvalue weighted by molar-refractivity contribution is -0.192. The number of aliphatic carboxylic acids is 1. The van der Waals surface area contributed by atoms with Gasteiger partial charge in [-0.25, -0.2) is 9.89 Å². The van der Waals surface area contributed by atoms with E-state index in [4.69, 9.17) is 9.90 Å². The molecule has 3 N–H and O–H groups in total. The molecule has 1 aliphatic carbocycles. The lowest BCUT2D eigenvalue weighted by Crippen LogP contribution is -2.21. The number of halogens is 3. The molecule has 0 spiro atoms. The molecule has 2 fully saturated rings. The van der Waals surface area contributed by atoms with E-state index in [1.807, 2.05) is 0 Å². The highest BCUT2D eigenvalue weighted by atomic mass is 19.4. The van der Waals surface area contributed by atoms with E-state index < -0.39 is 12.1 Å². The average Bonchev–Trinajstić information content (AvgIpc) is 2.78. The van der Waals surface area contributed by atoms with Crippen LogP contribution in [-0.2, 0) is 11.2 Å². The van der Waals surface area contributed by atoms with Crippen molar-refractivity contribution >= 4 is 5.97 Å². The van der Waals surface area contributed by atoms with E-state index in [9.17, 15) is 13.2 Å². The molecule has 1 saturated carbocycles. The topological polar surface area (TPSA) is 104 Å². The van der Waals surface area contributed by atoms with E-state index in [0.29, 0.717) is 0 Å². The zero-order valence-electron chi connectivity index (χ0n) is 9.68. The van der Waals surface area contributed by atoms with Gasteiger partial charge in [-0.1, -0.05) is 0 Å². The lowest BCUT2D eigenvalue weighted by Gasteiger charge is -1.99. The third-order valence-electron chi connectivity index (χ3n) is 3.33. The number of nitrogens with zero attached hydrogens (tertiary/aromatic N) is 3. The molecule has 10 heteroatoms. The number of rotatable bonds is 2. The number of nitrogens with one attached hydrogen (secondary N) is 2. The van der Waals surface area contributed by atoms with E-state index in [2.05, 4.69) is 25.9 Å². The molecule has 1 saturated heterocycles. The largest absolute Gasteiger partial charge is 0.490 e. The first-order valence-corrected chi connectivity index (χ1v) is 5.63. The number of carbonyl (C=O) groups is 1. The normalized spacial score (nSPS) is 28.3. The van der Waals surface area contributed by atoms with Gasteiger partial charge in [0.2, 0.25) is 0 Å². The van der Waals surface area contributed by atoms with Crippen molar-refractivity contribution in [3.63, 3.8) is 0 Å². The summed E-state index contributed by atoms with van der Waals surface area (Å²) in [7, 11) is 0.